The Labute approximate surface area is 87.1 Å². The second kappa shape index (κ2) is 4.05. The number of likely N-dealkylation sites (tertiary alicyclic amines) is 1. The van der Waals surface area contributed by atoms with Crippen molar-refractivity contribution in [1.82, 2.24) is 4.90 Å². The lowest BCUT2D eigenvalue weighted by molar-refractivity contribution is -0.192. The van der Waals surface area contributed by atoms with Crippen molar-refractivity contribution in [1.29, 1.82) is 0 Å². The highest BCUT2D eigenvalue weighted by Gasteiger charge is 2.44. The SMILES string of the molecule is O=C1CCN1[C@@H]1CO[C@H](CO)[C@H](O)[C@@H]1O. The number of ether oxygens (including phenoxy) is 1. The van der Waals surface area contributed by atoms with Crippen molar-refractivity contribution >= 4 is 5.91 Å². The van der Waals surface area contributed by atoms with Crippen LogP contribution in [0.25, 0.3) is 0 Å². The lowest BCUT2D eigenvalue weighted by Crippen LogP contribution is -2.64. The van der Waals surface area contributed by atoms with Gasteiger partial charge in [-0.1, -0.05) is 0 Å². The molecule has 3 N–H and O–H groups in total. The quantitative estimate of drug-likeness (QED) is 0.453. The molecule has 0 saturated carbocycles. The van der Waals surface area contributed by atoms with Crippen LogP contribution in [-0.2, 0) is 9.53 Å². The molecule has 2 aliphatic heterocycles. The zero-order chi connectivity index (χ0) is 11.0. The lowest BCUT2D eigenvalue weighted by Gasteiger charge is -2.45. The van der Waals surface area contributed by atoms with Gasteiger partial charge in [-0.2, -0.15) is 0 Å². The number of hydrogen-bond acceptors (Lipinski definition) is 5. The molecule has 0 radical (unpaired) electrons. The van der Waals surface area contributed by atoms with Gasteiger partial charge in [0.25, 0.3) is 0 Å². The van der Waals surface area contributed by atoms with Gasteiger partial charge in [0.2, 0.25) is 5.91 Å². The first-order valence-electron chi connectivity index (χ1n) is 5.03. The van der Waals surface area contributed by atoms with E-state index in [1.165, 1.54) is 4.90 Å². The summed E-state index contributed by atoms with van der Waals surface area (Å²) in [4.78, 5) is 12.7. The van der Waals surface area contributed by atoms with Crippen molar-refractivity contribution in [3.8, 4) is 0 Å². The van der Waals surface area contributed by atoms with Crippen LogP contribution >= 0.6 is 0 Å². The number of aliphatic hydroxyl groups is 3. The Morgan fingerprint density at radius 2 is 2.13 bits per heavy atom. The topological polar surface area (TPSA) is 90.2 Å². The standard InChI is InChI=1S/C9H15NO5/c11-3-6-9(14)8(13)5(4-15-6)10-2-1-7(10)12/h5-6,8-9,11,13-14H,1-4H2/t5-,6-,8-,9+/m1/s1. The molecule has 6 heteroatoms. The summed E-state index contributed by atoms with van der Waals surface area (Å²) in [6.07, 6.45) is -2.45. The molecule has 0 aromatic rings. The number of nitrogens with zero attached hydrogens (tertiary/aromatic N) is 1. The molecule has 0 bridgehead atoms. The van der Waals surface area contributed by atoms with E-state index in [4.69, 9.17) is 9.84 Å². The number of amides is 1. The number of hydrogen-bond donors (Lipinski definition) is 3. The molecule has 2 heterocycles. The van der Waals surface area contributed by atoms with Gasteiger partial charge in [-0.3, -0.25) is 4.79 Å². The van der Waals surface area contributed by atoms with E-state index in [9.17, 15) is 15.0 Å². The monoisotopic (exact) mass is 217 g/mol. The number of carbonyl (C=O) groups excluding carboxylic acids is 1. The Balaban J connectivity index is 2.00. The number of carbonyl (C=O) groups is 1. The molecule has 0 aromatic carbocycles. The second-order valence-electron chi connectivity index (χ2n) is 3.94. The van der Waals surface area contributed by atoms with Gasteiger partial charge in [0.05, 0.1) is 19.3 Å². The van der Waals surface area contributed by atoms with E-state index in [2.05, 4.69) is 0 Å². The summed E-state index contributed by atoms with van der Waals surface area (Å²) in [7, 11) is 0. The average Bonchev–Trinajstić information content (AvgIpc) is 2.23. The normalized spacial score (nSPS) is 41.5. The number of β-lactam (4-membered cyclic amide) rings is 1. The predicted octanol–water partition coefficient (Wildman–Crippen LogP) is -2.30. The first kappa shape index (κ1) is 10.8. The van der Waals surface area contributed by atoms with Crippen LogP contribution in [0.2, 0.25) is 0 Å². The van der Waals surface area contributed by atoms with E-state index >= 15 is 0 Å². The van der Waals surface area contributed by atoms with Crippen LogP contribution in [0.3, 0.4) is 0 Å². The first-order chi connectivity index (χ1) is 7.15. The smallest absolute Gasteiger partial charge is 0.224 e. The zero-order valence-corrected chi connectivity index (χ0v) is 8.24. The second-order valence-corrected chi connectivity index (χ2v) is 3.94. The molecular formula is C9H15NO5. The maximum atomic E-state index is 11.2. The minimum atomic E-state index is -1.14. The molecule has 4 atom stereocenters. The van der Waals surface area contributed by atoms with Gasteiger partial charge in [0.1, 0.15) is 18.3 Å². The minimum absolute atomic E-state index is 0.0303. The highest BCUT2D eigenvalue weighted by Crippen LogP contribution is 2.23. The van der Waals surface area contributed by atoms with E-state index in [-0.39, 0.29) is 19.1 Å². The molecule has 0 aromatic heterocycles. The summed E-state index contributed by atoms with van der Waals surface area (Å²) >= 11 is 0. The molecule has 15 heavy (non-hydrogen) atoms. The molecule has 6 nitrogen and oxygen atoms in total. The molecule has 2 aliphatic rings. The van der Waals surface area contributed by atoms with E-state index in [1.54, 1.807) is 0 Å². The molecule has 2 rings (SSSR count). The molecular weight excluding hydrogens is 202 g/mol. The average molecular weight is 217 g/mol. The Bertz CT molecular complexity index is 259. The van der Waals surface area contributed by atoms with Crippen LogP contribution in [0.1, 0.15) is 6.42 Å². The number of rotatable bonds is 2. The van der Waals surface area contributed by atoms with Gasteiger partial charge in [-0.25, -0.2) is 0 Å². The fraction of sp³-hybridized carbons (Fsp3) is 0.889. The van der Waals surface area contributed by atoms with Crippen molar-refractivity contribution in [2.75, 3.05) is 19.8 Å². The van der Waals surface area contributed by atoms with Crippen LogP contribution in [0.4, 0.5) is 0 Å². The molecule has 2 fully saturated rings. The lowest BCUT2D eigenvalue weighted by atomic mass is 9.95. The first-order valence-corrected chi connectivity index (χ1v) is 5.03. The van der Waals surface area contributed by atoms with Crippen LogP contribution in [0.15, 0.2) is 0 Å². The van der Waals surface area contributed by atoms with Crippen LogP contribution in [0.5, 0.6) is 0 Å². The van der Waals surface area contributed by atoms with Crippen LogP contribution < -0.4 is 0 Å². The van der Waals surface area contributed by atoms with Gasteiger partial charge in [-0.05, 0) is 0 Å². The molecule has 1 amide bonds. The van der Waals surface area contributed by atoms with E-state index in [0.717, 1.165) is 0 Å². The minimum Gasteiger partial charge on any atom is -0.394 e. The maximum absolute atomic E-state index is 11.2. The fourth-order valence-electron chi connectivity index (χ4n) is 1.98. The van der Waals surface area contributed by atoms with E-state index in [0.29, 0.717) is 13.0 Å². The molecule has 0 aliphatic carbocycles. The third-order valence-electron chi connectivity index (χ3n) is 3.07. The van der Waals surface area contributed by atoms with Gasteiger partial charge < -0.3 is 25.0 Å². The van der Waals surface area contributed by atoms with Gasteiger partial charge in [-0.15, -0.1) is 0 Å². The summed E-state index contributed by atoms with van der Waals surface area (Å²) in [5, 5.41) is 28.2. The number of aliphatic hydroxyl groups excluding tert-OH is 3. The maximum Gasteiger partial charge on any atom is 0.224 e. The van der Waals surface area contributed by atoms with E-state index in [1.807, 2.05) is 0 Å². The third-order valence-corrected chi connectivity index (χ3v) is 3.07. The molecule has 86 valence electrons. The predicted molar refractivity (Wildman–Crippen MR) is 49.0 cm³/mol. The molecule has 2 saturated heterocycles. The molecule has 0 unspecified atom stereocenters. The summed E-state index contributed by atoms with van der Waals surface area (Å²) in [5.41, 5.74) is 0. The van der Waals surface area contributed by atoms with Gasteiger partial charge in [0, 0.05) is 13.0 Å². The van der Waals surface area contributed by atoms with E-state index < -0.39 is 24.4 Å². The Kier molecular flexibility index (Phi) is 2.92. The largest absolute Gasteiger partial charge is 0.394 e. The van der Waals surface area contributed by atoms with Crippen molar-refractivity contribution in [2.45, 2.75) is 30.8 Å². The summed E-state index contributed by atoms with van der Waals surface area (Å²) in [6, 6.07) is -0.482. The highest BCUT2D eigenvalue weighted by atomic mass is 16.5. The molecule has 0 spiro atoms. The van der Waals surface area contributed by atoms with Crippen molar-refractivity contribution in [3.05, 3.63) is 0 Å². The van der Waals surface area contributed by atoms with Crippen molar-refractivity contribution in [3.63, 3.8) is 0 Å². The third kappa shape index (κ3) is 1.74. The summed E-state index contributed by atoms with van der Waals surface area (Å²) in [5.74, 6) is -0.0303. The highest BCUT2D eigenvalue weighted by molar-refractivity contribution is 5.82. The van der Waals surface area contributed by atoms with Gasteiger partial charge in [0.15, 0.2) is 0 Å². The Morgan fingerprint density at radius 3 is 2.60 bits per heavy atom. The zero-order valence-electron chi connectivity index (χ0n) is 8.24. The van der Waals surface area contributed by atoms with Crippen LogP contribution in [0, 0.1) is 0 Å². The van der Waals surface area contributed by atoms with Crippen molar-refractivity contribution in [2.24, 2.45) is 0 Å². The van der Waals surface area contributed by atoms with Gasteiger partial charge >= 0.3 is 0 Å². The van der Waals surface area contributed by atoms with Crippen LogP contribution in [-0.4, -0.2) is 70.2 Å². The summed E-state index contributed by atoms with van der Waals surface area (Å²) < 4.78 is 5.17. The Hall–Kier alpha value is -0.690. The fourth-order valence-corrected chi connectivity index (χ4v) is 1.98. The summed E-state index contributed by atoms with van der Waals surface area (Å²) in [6.45, 7) is 0.425. The Morgan fingerprint density at radius 1 is 1.40 bits per heavy atom. The van der Waals surface area contributed by atoms with Crippen molar-refractivity contribution < 1.29 is 24.9 Å².